The summed E-state index contributed by atoms with van der Waals surface area (Å²) in [6.45, 7) is 0. The van der Waals surface area contributed by atoms with Crippen LogP contribution in [0.2, 0.25) is 0 Å². The van der Waals surface area contributed by atoms with Crippen LogP contribution in [0.3, 0.4) is 0 Å². The van der Waals surface area contributed by atoms with E-state index in [1.807, 2.05) is 18.0 Å². The maximum absolute atomic E-state index is 4.50. The van der Waals surface area contributed by atoms with Crippen LogP contribution in [0.1, 0.15) is 5.56 Å². The molecule has 0 fully saturated rings. The van der Waals surface area contributed by atoms with Gasteiger partial charge in [0, 0.05) is 46.9 Å². The van der Waals surface area contributed by atoms with Gasteiger partial charge in [0.25, 0.3) is 0 Å². The first-order valence-corrected chi connectivity index (χ1v) is 9.70. The average molecular weight is 341 g/mol. The van der Waals surface area contributed by atoms with Gasteiger partial charge in [0.1, 0.15) is 0 Å². The van der Waals surface area contributed by atoms with E-state index in [1.165, 1.54) is 26.4 Å². The third-order valence-corrected chi connectivity index (χ3v) is 5.63. The first kappa shape index (κ1) is 16.2. The number of benzene rings is 2. The molecule has 0 spiro atoms. The third-order valence-electron chi connectivity index (χ3n) is 3.76. The van der Waals surface area contributed by atoms with Gasteiger partial charge in [-0.1, -0.05) is 18.2 Å². The minimum absolute atomic E-state index is 0.969. The molecule has 0 radical (unpaired) electrons. The van der Waals surface area contributed by atoms with E-state index in [0.29, 0.717) is 0 Å². The second kappa shape index (κ2) is 7.28. The molecule has 3 aromatic rings. The molecule has 3 rings (SSSR count). The van der Waals surface area contributed by atoms with E-state index in [9.17, 15) is 0 Å². The van der Waals surface area contributed by atoms with E-state index in [1.54, 1.807) is 11.8 Å². The summed E-state index contributed by atoms with van der Waals surface area (Å²) in [6, 6.07) is 17.4. The highest BCUT2D eigenvalue weighted by Gasteiger charge is 2.05. The molecule has 0 bridgehead atoms. The van der Waals surface area contributed by atoms with Gasteiger partial charge in [-0.25, -0.2) is 0 Å². The van der Waals surface area contributed by atoms with Crippen LogP contribution in [0.5, 0.6) is 0 Å². The van der Waals surface area contributed by atoms with E-state index in [0.717, 1.165) is 11.3 Å². The predicted octanol–water partition coefficient (Wildman–Crippen LogP) is 5.32. The van der Waals surface area contributed by atoms with Crippen LogP contribution >= 0.6 is 23.5 Å². The first-order chi connectivity index (χ1) is 11.2. The molecular formula is C19H20N2S2. The molecule has 0 unspecified atom stereocenters. The molecule has 0 aliphatic rings. The molecule has 0 amide bonds. The lowest BCUT2D eigenvalue weighted by atomic mass is 10.2. The average Bonchev–Trinajstić information content (AvgIpc) is 2.59. The molecule has 0 aliphatic carbocycles. The van der Waals surface area contributed by atoms with E-state index in [2.05, 4.69) is 78.8 Å². The second-order valence-corrected chi connectivity index (χ2v) is 7.44. The van der Waals surface area contributed by atoms with Crippen molar-refractivity contribution < 1.29 is 0 Å². The molecule has 2 aromatic carbocycles. The maximum atomic E-state index is 4.50. The number of aromatic nitrogens is 1. The largest absolute Gasteiger partial charge is 0.378 e. The molecule has 1 aromatic heterocycles. The molecule has 2 nitrogen and oxygen atoms in total. The molecule has 0 atom stereocenters. The number of hydrogen-bond acceptors (Lipinski definition) is 4. The van der Waals surface area contributed by atoms with Crippen LogP contribution < -0.4 is 4.90 Å². The van der Waals surface area contributed by atoms with Crippen molar-refractivity contribution in [1.82, 2.24) is 4.98 Å². The highest BCUT2D eigenvalue weighted by molar-refractivity contribution is 7.99. The molecular weight excluding hydrogens is 320 g/mol. The number of pyridine rings is 1. The molecule has 1 heterocycles. The Labute approximate surface area is 146 Å². The molecule has 4 heteroatoms. The van der Waals surface area contributed by atoms with Crippen molar-refractivity contribution in [3.05, 3.63) is 60.3 Å². The summed E-state index contributed by atoms with van der Waals surface area (Å²) < 4.78 is 0. The van der Waals surface area contributed by atoms with Crippen molar-refractivity contribution in [2.24, 2.45) is 0 Å². The van der Waals surface area contributed by atoms with Gasteiger partial charge < -0.3 is 4.90 Å². The monoisotopic (exact) mass is 340 g/mol. The standard InChI is InChI=1S/C19H20N2S2/c1-21(2)15-6-4-14(5-7-15)13-23-19-10-11-20-18-12-16(22-3)8-9-17(18)19/h4-12H,13H2,1-3H3. The topological polar surface area (TPSA) is 16.1 Å². The van der Waals surface area contributed by atoms with Gasteiger partial charge in [-0.15, -0.1) is 23.5 Å². The Morgan fingerprint density at radius 1 is 1.00 bits per heavy atom. The second-order valence-electron chi connectivity index (χ2n) is 5.54. The van der Waals surface area contributed by atoms with E-state index >= 15 is 0 Å². The molecule has 0 saturated carbocycles. The molecule has 0 N–H and O–H groups in total. The summed E-state index contributed by atoms with van der Waals surface area (Å²) in [4.78, 5) is 9.17. The molecule has 0 saturated heterocycles. The van der Waals surface area contributed by atoms with Crippen molar-refractivity contribution >= 4 is 40.1 Å². The number of fused-ring (bicyclic) bond motifs is 1. The fourth-order valence-electron chi connectivity index (χ4n) is 2.41. The quantitative estimate of drug-likeness (QED) is 0.584. The van der Waals surface area contributed by atoms with Crippen LogP contribution in [0.15, 0.2) is 64.5 Å². The fourth-order valence-corrected chi connectivity index (χ4v) is 3.84. The Morgan fingerprint density at radius 2 is 1.78 bits per heavy atom. The fraction of sp³-hybridized carbons (Fsp3) is 0.211. The summed E-state index contributed by atoms with van der Waals surface area (Å²) in [6.07, 6.45) is 4.00. The Balaban J connectivity index is 1.79. The third kappa shape index (κ3) is 3.82. The van der Waals surface area contributed by atoms with Crippen molar-refractivity contribution in [3.8, 4) is 0 Å². The van der Waals surface area contributed by atoms with Crippen molar-refractivity contribution in [2.75, 3.05) is 25.3 Å². The van der Waals surface area contributed by atoms with Crippen LogP contribution in [0, 0.1) is 0 Å². The maximum Gasteiger partial charge on any atom is 0.0724 e. The van der Waals surface area contributed by atoms with Crippen LogP contribution in [-0.2, 0) is 5.75 Å². The highest BCUT2D eigenvalue weighted by Crippen LogP contribution is 2.31. The lowest BCUT2D eigenvalue weighted by molar-refractivity contribution is 1.13. The summed E-state index contributed by atoms with van der Waals surface area (Å²) in [7, 11) is 4.13. The van der Waals surface area contributed by atoms with Crippen molar-refractivity contribution in [1.29, 1.82) is 0 Å². The van der Waals surface area contributed by atoms with Crippen LogP contribution in [-0.4, -0.2) is 25.3 Å². The van der Waals surface area contributed by atoms with Gasteiger partial charge in [0.05, 0.1) is 5.52 Å². The highest BCUT2D eigenvalue weighted by atomic mass is 32.2. The summed E-state index contributed by atoms with van der Waals surface area (Å²) in [5, 5.41) is 1.24. The predicted molar refractivity (Wildman–Crippen MR) is 104 cm³/mol. The Bertz CT molecular complexity index is 798. The minimum atomic E-state index is 0.969. The van der Waals surface area contributed by atoms with Crippen molar-refractivity contribution in [2.45, 2.75) is 15.5 Å². The van der Waals surface area contributed by atoms with Gasteiger partial charge in [0.15, 0.2) is 0 Å². The Morgan fingerprint density at radius 3 is 2.48 bits per heavy atom. The van der Waals surface area contributed by atoms with Crippen LogP contribution in [0.4, 0.5) is 5.69 Å². The van der Waals surface area contributed by atoms with Gasteiger partial charge >= 0.3 is 0 Å². The zero-order chi connectivity index (χ0) is 16.2. The molecule has 118 valence electrons. The van der Waals surface area contributed by atoms with Gasteiger partial charge in [0.2, 0.25) is 0 Å². The Kier molecular flexibility index (Phi) is 5.13. The lowest BCUT2D eigenvalue weighted by Crippen LogP contribution is -2.08. The number of hydrogen-bond donors (Lipinski definition) is 0. The summed E-state index contributed by atoms with van der Waals surface area (Å²) in [5.41, 5.74) is 3.65. The summed E-state index contributed by atoms with van der Waals surface area (Å²) >= 11 is 3.62. The minimum Gasteiger partial charge on any atom is -0.378 e. The van der Waals surface area contributed by atoms with E-state index in [4.69, 9.17) is 0 Å². The van der Waals surface area contributed by atoms with Crippen molar-refractivity contribution in [3.63, 3.8) is 0 Å². The lowest BCUT2D eigenvalue weighted by Gasteiger charge is -2.12. The Hall–Kier alpha value is -1.65. The van der Waals surface area contributed by atoms with Gasteiger partial charge in [-0.05, 0) is 42.2 Å². The van der Waals surface area contributed by atoms with Gasteiger partial charge in [-0.2, -0.15) is 0 Å². The van der Waals surface area contributed by atoms with Gasteiger partial charge in [-0.3, -0.25) is 4.98 Å². The van der Waals surface area contributed by atoms with E-state index < -0.39 is 0 Å². The zero-order valence-corrected chi connectivity index (χ0v) is 15.2. The van der Waals surface area contributed by atoms with Crippen LogP contribution in [0.25, 0.3) is 10.9 Å². The van der Waals surface area contributed by atoms with E-state index in [-0.39, 0.29) is 0 Å². The number of nitrogens with zero attached hydrogens (tertiary/aromatic N) is 2. The normalized spacial score (nSPS) is 10.9. The number of rotatable bonds is 5. The molecule has 23 heavy (non-hydrogen) atoms. The zero-order valence-electron chi connectivity index (χ0n) is 13.6. The number of thioether (sulfide) groups is 2. The molecule has 0 aliphatic heterocycles. The number of anilines is 1. The first-order valence-electron chi connectivity index (χ1n) is 7.49. The SMILES string of the molecule is CSc1ccc2c(SCc3ccc(N(C)C)cc3)ccnc2c1. The smallest absolute Gasteiger partial charge is 0.0724 e. The summed E-state index contributed by atoms with van der Waals surface area (Å²) in [5.74, 6) is 0.969.